The van der Waals surface area contributed by atoms with E-state index in [4.69, 9.17) is 4.74 Å². The first kappa shape index (κ1) is 16.6. The van der Waals surface area contributed by atoms with E-state index >= 15 is 0 Å². The van der Waals surface area contributed by atoms with Gasteiger partial charge in [0.05, 0.1) is 12.2 Å². The minimum atomic E-state index is 0.178. The van der Waals surface area contributed by atoms with Crippen LogP contribution in [-0.2, 0) is 11.3 Å². The molecule has 2 aliphatic rings. The van der Waals surface area contributed by atoms with Gasteiger partial charge in [-0.2, -0.15) is 0 Å². The van der Waals surface area contributed by atoms with Crippen molar-refractivity contribution >= 4 is 16.8 Å². The Kier molecular flexibility index (Phi) is 4.77. The number of para-hydroxylation sites is 1. The maximum atomic E-state index is 13.2. The summed E-state index contributed by atoms with van der Waals surface area (Å²) in [6.07, 6.45) is 5.83. The van der Waals surface area contributed by atoms with Crippen LogP contribution in [0.2, 0.25) is 0 Å². The number of hydrogen-bond donors (Lipinski definition) is 0. The molecule has 0 N–H and O–H groups in total. The number of piperazine rings is 1. The van der Waals surface area contributed by atoms with E-state index in [0.29, 0.717) is 12.6 Å². The predicted molar refractivity (Wildman–Crippen MR) is 98.9 cm³/mol. The number of fused-ring (bicyclic) bond motifs is 2. The molecular weight excluding hydrogens is 314 g/mol. The summed E-state index contributed by atoms with van der Waals surface area (Å²) in [5.41, 5.74) is 1.94. The molecule has 2 aliphatic heterocycles. The van der Waals surface area contributed by atoms with Crippen molar-refractivity contribution in [3.05, 3.63) is 36.0 Å². The summed E-state index contributed by atoms with van der Waals surface area (Å²) in [5.74, 6) is 0.178. The largest absolute Gasteiger partial charge is 0.383 e. The molecule has 0 spiro atoms. The van der Waals surface area contributed by atoms with Gasteiger partial charge in [-0.15, -0.1) is 0 Å². The molecule has 0 bridgehead atoms. The number of aromatic nitrogens is 1. The summed E-state index contributed by atoms with van der Waals surface area (Å²) in [4.78, 5) is 17.9. The molecule has 5 heteroatoms. The van der Waals surface area contributed by atoms with E-state index in [0.717, 1.165) is 42.6 Å². The number of carbonyl (C=O) groups excluding carboxylic acids is 1. The summed E-state index contributed by atoms with van der Waals surface area (Å²) in [5, 5.41) is 1.05. The second-order valence-electron chi connectivity index (χ2n) is 7.18. The molecule has 2 fully saturated rings. The molecule has 0 radical (unpaired) electrons. The van der Waals surface area contributed by atoms with Gasteiger partial charge in [-0.05, 0) is 25.5 Å². The molecule has 3 heterocycles. The number of hydrogen-bond acceptors (Lipinski definition) is 3. The van der Waals surface area contributed by atoms with Gasteiger partial charge in [-0.1, -0.05) is 24.6 Å². The van der Waals surface area contributed by atoms with Crippen molar-refractivity contribution < 1.29 is 9.53 Å². The number of amides is 1. The molecule has 0 aliphatic carbocycles. The third-order valence-electron chi connectivity index (χ3n) is 5.68. The summed E-state index contributed by atoms with van der Waals surface area (Å²) in [6.45, 7) is 5.33. The van der Waals surface area contributed by atoms with Crippen LogP contribution in [0.5, 0.6) is 0 Å². The predicted octanol–water partition coefficient (Wildman–Crippen LogP) is 2.60. The Bertz CT molecular complexity index is 754. The fourth-order valence-electron chi connectivity index (χ4n) is 4.30. The Hall–Kier alpha value is -1.85. The molecule has 2 aromatic rings. The van der Waals surface area contributed by atoms with Crippen LogP contribution in [-0.4, -0.2) is 66.2 Å². The summed E-state index contributed by atoms with van der Waals surface area (Å²) >= 11 is 0. The molecule has 1 aromatic carbocycles. The van der Waals surface area contributed by atoms with Crippen LogP contribution in [0.3, 0.4) is 0 Å². The Morgan fingerprint density at radius 2 is 2.08 bits per heavy atom. The lowest BCUT2D eigenvalue weighted by molar-refractivity contribution is 0.0373. The van der Waals surface area contributed by atoms with Gasteiger partial charge in [-0.3, -0.25) is 9.69 Å². The van der Waals surface area contributed by atoms with E-state index in [2.05, 4.69) is 26.5 Å². The van der Waals surface area contributed by atoms with E-state index in [1.165, 1.54) is 25.8 Å². The molecule has 1 amide bonds. The SMILES string of the molecule is COCCn1cc(C(=O)N2CCN3CCCC[C@H]3C2)c2ccccc21. The number of rotatable bonds is 4. The zero-order valence-corrected chi connectivity index (χ0v) is 15.0. The Morgan fingerprint density at radius 1 is 1.20 bits per heavy atom. The van der Waals surface area contributed by atoms with E-state index in [1.807, 2.05) is 18.3 Å². The van der Waals surface area contributed by atoms with Crippen LogP contribution in [0.4, 0.5) is 0 Å². The first-order chi connectivity index (χ1) is 12.3. The van der Waals surface area contributed by atoms with Crippen molar-refractivity contribution in [1.82, 2.24) is 14.4 Å². The minimum Gasteiger partial charge on any atom is -0.383 e. The zero-order valence-electron chi connectivity index (χ0n) is 15.0. The molecular formula is C20H27N3O2. The third-order valence-corrected chi connectivity index (χ3v) is 5.68. The van der Waals surface area contributed by atoms with Gasteiger partial charge in [0.1, 0.15) is 0 Å². The fraction of sp³-hybridized carbons (Fsp3) is 0.550. The second-order valence-corrected chi connectivity index (χ2v) is 7.18. The van der Waals surface area contributed by atoms with E-state index in [9.17, 15) is 4.79 Å². The van der Waals surface area contributed by atoms with E-state index in [-0.39, 0.29) is 5.91 Å². The van der Waals surface area contributed by atoms with Gasteiger partial charge in [0.25, 0.3) is 5.91 Å². The lowest BCUT2D eigenvalue weighted by Gasteiger charge is -2.44. The van der Waals surface area contributed by atoms with Crippen LogP contribution in [0.25, 0.3) is 10.9 Å². The number of nitrogens with zero attached hydrogens (tertiary/aromatic N) is 3. The smallest absolute Gasteiger partial charge is 0.256 e. The van der Waals surface area contributed by atoms with Gasteiger partial charge in [0, 0.05) is 56.4 Å². The lowest BCUT2D eigenvalue weighted by Crippen LogP contribution is -2.56. The highest BCUT2D eigenvalue weighted by Gasteiger charge is 2.32. The monoisotopic (exact) mass is 341 g/mol. The second kappa shape index (κ2) is 7.18. The van der Waals surface area contributed by atoms with E-state index in [1.54, 1.807) is 7.11 Å². The molecule has 25 heavy (non-hydrogen) atoms. The van der Waals surface area contributed by atoms with Crippen LogP contribution < -0.4 is 0 Å². The van der Waals surface area contributed by atoms with Crippen LogP contribution in [0.1, 0.15) is 29.6 Å². The summed E-state index contributed by atoms with van der Waals surface area (Å²) in [7, 11) is 1.71. The average molecular weight is 341 g/mol. The minimum absolute atomic E-state index is 0.178. The van der Waals surface area contributed by atoms with Gasteiger partial charge in [0.2, 0.25) is 0 Å². The van der Waals surface area contributed by atoms with Gasteiger partial charge >= 0.3 is 0 Å². The number of carbonyl (C=O) groups is 1. The molecule has 1 aromatic heterocycles. The summed E-state index contributed by atoms with van der Waals surface area (Å²) in [6, 6.07) is 8.73. The first-order valence-electron chi connectivity index (χ1n) is 9.38. The standard InChI is InChI=1S/C20H27N3O2/c1-25-13-12-22-15-18(17-7-2-3-8-19(17)22)20(24)23-11-10-21-9-5-4-6-16(21)14-23/h2-3,7-8,15-16H,4-6,9-14H2,1H3/t16-/m0/s1. The first-order valence-corrected chi connectivity index (χ1v) is 9.38. The highest BCUT2D eigenvalue weighted by Crippen LogP contribution is 2.26. The van der Waals surface area contributed by atoms with Crippen LogP contribution in [0.15, 0.2) is 30.5 Å². The molecule has 134 valence electrons. The van der Waals surface area contributed by atoms with Crippen molar-refractivity contribution in [2.45, 2.75) is 31.8 Å². The fourth-order valence-corrected chi connectivity index (χ4v) is 4.30. The highest BCUT2D eigenvalue weighted by atomic mass is 16.5. The maximum absolute atomic E-state index is 13.2. The lowest BCUT2D eigenvalue weighted by atomic mass is 9.99. The third kappa shape index (κ3) is 3.18. The number of piperidine rings is 1. The van der Waals surface area contributed by atoms with Gasteiger partial charge < -0.3 is 14.2 Å². The Labute approximate surface area is 149 Å². The molecule has 5 nitrogen and oxygen atoms in total. The topological polar surface area (TPSA) is 37.7 Å². The maximum Gasteiger partial charge on any atom is 0.256 e. The normalized spacial score (nSPS) is 21.5. The van der Waals surface area contributed by atoms with Crippen molar-refractivity contribution in [2.24, 2.45) is 0 Å². The summed E-state index contributed by atoms with van der Waals surface area (Å²) < 4.78 is 7.36. The number of benzene rings is 1. The Balaban J connectivity index is 1.59. The zero-order chi connectivity index (χ0) is 17.2. The van der Waals surface area contributed by atoms with Gasteiger partial charge in [-0.25, -0.2) is 0 Å². The van der Waals surface area contributed by atoms with Crippen molar-refractivity contribution in [3.8, 4) is 0 Å². The molecule has 2 saturated heterocycles. The average Bonchev–Trinajstić information content (AvgIpc) is 3.04. The van der Waals surface area contributed by atoms with Crippen molar-refractivity contribution in [2.75, 3.05) is 39.9 Å². The Morgan fingerprint density at radius 3 is 2.96 bits per heavy atom. The highest BCUT2D eigenvalue weighted by molar-refractivity contribution is 6.07. The molecule has 0 unspecified atom stereocenters. The van der Waals surface area contributed by atoms with Crippen LogP contribution in [0, 0.1) is 0 Å². The molecule has 0 saturated carbocycles. The molecule has 1 atom stereocenters. The van der Waals surface area contributed by atoms with Crippen molar-refractivity contribution in [3.63, 3.8) is 0 Å². The van der Waals surface area contributed by atoms with E-state index < -0.39 is 0 Å². The quantitative estimate of drug-likeness (QED) is 0.858. The number of methoxy groups -OCH3 is 1. The van der Waals surface area contributed by atoms with Crippen molar-refractivity contribution in [1.29, 1.82) is 0 Å². The van der Waals surface area contributed by atoms with Gasteiger partial charge in [0.15, 0.2) is 0 Å². The van der Waals surface area contributed by atoms with Crippen LogP contribution >= 0.6 is 0 Å². The molecule has 4 rings (SSSR count). The number of ether oxygens (including phenoxy) is 1.